The highest BCUT2D eigenvalue weighted by Gasteiger charge is 2.31. The zero-order valence-electron chi connectivity index (χ0n) is 25.1. The van der Waals surface area contributed by atoms with Gasteiger partial charge in [0.25, 0.3) is 5.56 Å². The summed E-state index contributed by atoms with van der Waals surface area (Å²) in [5.74, 6) is 1.35. The molecule has 2 saturated heterocycles. The second kappa shape index (κ2) is 12.3. The number of aryl methyl sites for hydroxylation is 1. The number of pyridine rings is 1. The summed E-state index contributed by atoms with van der Waals surface area (Å²) in [5.41, 5.74) is 2.63. The molecule has 0 amide bonds. The van der Waals surface area contributed by atoms with Gasteiger partial charge >= 0.3 is 0 Å². The van der Waals surface area contributed by atoms with Gasteiger partial charge in [-0.1, -0.05) is 18.2 Å². The number of oxazole rings is 1. The van der Waals surface area contributed by atoms with Gasteiger partial charge in [-0.25, -0.2) is 4.98 Å². The van der Waals surface area contributed by atoms with E-state index in [1.54, 1.807) is 30.9 Å². The summed E-state index contributed by atoms with van der Waals surface area (Å²) in [4.78, 5) is 22.1. The van der Waals surface area contributed by atoms with Crippen LogP contribution < -0.4 is 10.3 Å². The topological polar surface area (TPSA) is 79.0 Å². The molecule has 5 heterocycles. The molecule has 3 aromatic heterocycles. The summed E-state index contributed by atoms with van der Waals surface area (Å²) in [5, 5.41) is 0.741. The molecule has 1 atom stereocenters. The van der Waals surface area contributed by atoms with Gasteiger partial charge in [-0.2, -0.15) is 0 Å². The average Bonchev–Trinajstić information content (AvgIpc) is 3.77. The SMILES string of the molecule is COc1ccccc1[C@H](Cc1cn(C(C)(C)CN2CCCC2)c(=O)c2c(C)c(-c3ncco3)sc12)OC1CCOCC1. The minimum atomic E-state index is -0.399. The molecule has 0 bridgehead atoms. The lowest BCUT2D eigenvalue weighted by Crippen LogP contribution is -2.45. The van der Waals surface area contributed by atoms with Crippen molar-refractivity contribution in [1.82, 2.24) is 14.5 Å². The molecule has 6 rings (SSSR count). The van der Waals surface area contributed by atoms with Gasteiger partial charge in [0.05, 0.1) is 41.3 Å². The Bertz CT molecular complexity index is 1560. The van der Waals surface area contributed by atoms with Crippen LogP contribution in [0.4, 0.5) is 0 Å². The Morgan fingerprint density at radius 3 is 2.64 bits per heavy atom. The lowest BCUT2D eigenvalue weighted by atomic mass is 9.97. The van der Waals surface area contributed by atoms with Crippen molar-refractivity contribution in [3.05, 3.63) is 70.0 Å². The van der Waals surface area contributed by atoms with Crippen molar-refractivity contribution in [2.75, 3.05) is 40.0 Å². The minimum Gasteiger partial charge on any atom is -0.496 e. The standard InChI is InChI=1S/C33H41N3O5S/c1-22-28-30(42-29(22)31-34-13-18-40-31)23(20-36(32(28)37)33(2,3)21-35-14-7-8-15-35)19-27(41-24-11-16-39-17-12-24)25-9-5-6-10-26(25)38-4/h5-6,9-10,13,18,20,24,27H,7-8,11-12,14-17,19,21H2,1-4H3/t27-/m0/s1. The lowest BCUT2D eigenvalue weighted by Gasteiger charge is -2.33. The van der Waals surface area contributed by atoms with Crippen molar-refractivity contribution in [3.8, 4) is 16.5 Å². The first-order valence-corrected chi connectivity index (χ1v) is 15.8. The van der Waals surface area contributed by atoms with E-state index in [0.29, 0.717) is 25.5 Å². The maximum atomic E-state index is 14.3. The predicted octanol–water partition coefficient (Wildman–Crippen LogP) is 6.35. The molecule has 224 valence electrons. The van der Waals surface area contributed by atoms with E-state index in [2.05, 4.69) is 36.0 Å². The third-order valence-electron chi connectivity index (χ3n) is 8.66. The van der Waals surface area contributed by atoms with E-state index in [9.17, 15) is 4.79 Å². The summed E-state index contributed by atoms with van der Waals surface area (Å²) in [7, 11) is 1.70. The van der Waals surface area contributed by atoms with Crippen molar-refractivity contribution < 1.29 is 18.6 Å². The Labute approximate surface area is 251 Å². The van der Waals surface area contributed by atoms with Crippen LogP contribution in [-0.2, 0) is 21.4 Å². The van der Waals surface area contributed by atoms with Gasteiger partial charge in [0.2, 0.25) is 5.89 Å². The van der Waals surface area contributed by atoms with Crippen LogP contribution in [0.25, 0.3) is 20.9 Å². The molecule has 8 nitrogen and oxygen atoms in total. The van der Waals surface area contributed by atoms with Crippen molar-refractivity contribution in [1.29, 1.82) is 0 Å². The van der Waals surface area contributed by atoms with E-state index >= 15 is 0 Å². The molecular formula is C33H41N3O5S. The van der Waals surface area contributed by atoms with Crippen molar-refractivity contribution in [2.24, 2.45) is 0 Å². The smallest absolute Gasteiger partial charge is 0.260 e. The molecule has 4 aromatic rings. The van der Waals surface area contributed by atoms with Crippen LogP contribution in [0.1, 0.15) is 62.3 Å². The van der Waals surface area contributed by atoms with E-state index in [0.717, 1.165) is 69.9 Å². The Morgan fingerprint density at radius 1 is 1.17 bits per heavy atom. The van der Waals surface area contributed by atoms with E-state index in [1.807, 2.05) is 29.7 Å². The molecule has 0 N–H and O–H groups in total. The molecule has 0 saturated carbocycles. The van der Waals surface area contributed by atoms with Crippen LogP contribution >= 0.6 is 11.3 Å². The maximum absolute atomic E-state index is 14.3. The summed E-state index contributed by atoms with van der Waals surface area (Å²) in [6.45, 7) is 10.7. The molecule has 0 spiro atoms. The first-order valence-electron chi connectivity index (χ1n) is 15.0. The first-order chi connectivity index (χ1) is 20.4. The zero-order chi connectivity index (χ0) is 29.3. The normalized spacial score (nSPS) is 17.7. The summed E-state index contributed by atoms with van der Waals surface area (Å²) < 4.78 is 26.9. The number of methoxy groups -OCH3 is 1. The monoisotopic (exact) mass is 591 g/mol. The number of likely N-dealkylation sites (tertiary alicyclic amines) is 1. The van der Waals surface area contributed by atoms with E-state index in [-0.39, 0.29) is 17.8 Å². The number of nitrogens with zero attached hydrogens (tertiary/aromatic N) is 3. The predicted molar refractivity (Wildman–Crippen MR) is 166 cm³/mol. The highest BCUT2D eigenvalue weighted by molar-refractivity contribution is 7.22. The maximum Gasteiger partial charge on any atom is 0.260 e. The highest BCUT2D eigenvalue weighted by atomic mass is 32.1. The Balaban J connectivity index is 1.49. The minimum absolute atomic E-state index is 0.0312. The summed E-state index contributed by atoms with van der Waals surface area (Å²) >= 11 is 1.58. The molecule has 2 aliphatic rings. The van der Waals surface area contributed by atoms with Crippen LogP contribution in [0.15, 0.2) is 52.1 Å². The third kappa shape index (κ3) is 5.80. The van der Waals surface area contributed by atoms with Crippen LogP contribution in [0.2, 0.25) is 0 Å². The number of hydrogen-bond donors (Lipinski definition) is 0. The van der Waals surface area contributed by atoms with E-state index in [1.165, 1.54) is 12.8 Å². The zero-order valence-corrected chi connectivity index (χ0v) is 25.9. The average molecular weight is 592 g/mol. The molecule has 0 radical (unpaired) electrons. The van der Waals surface area contributed by atoms with Crippen molar-refractivity contribution in [2.45, 2.75) is 70.6 Å². The molecular weight excluding hydrogens is 550 g/mol. The molecule has 2 fully saturated rings. The quantitative estimate of drug-likeness (QED) is 0.213. The fourth-order valence-electron chi connectivity index (χ4n) is 6.50. The Morgan fingerprint density at radius 2 is 1.93 bits per heavy atom. The fourth-order valence-corrected chi connectivity index (χ4v) is 7.75. The number of benzene rings is 1. The molecule has 1 aromatic carbocycles. The van der Waals surface area contributed by atoms with Gasteiger partial charge in [0, 0.05) is 42.6 Å². The molecule has 9 heteroatoms. The number of fused-ring (bicyclic) bond motifs is 1. The summed E-state index contributed by atoms with van der Waals surface area (Å²) in [6, 6.07) is 8.09. The number of thiophene rings is 1. The van der Waals surface area contributed by atoms with Crippen molar-refractivity contribution in [3.63, 3.8) is 0 Å². The van der Waals surface area contributed by atoms with Crippen LogP contribution in [-0.4, -0.2) is 60.5 Å². The fraction of sp³-hybridized carbons (Fsp3) is 0.515. The highest BCUT2D eigenvalue weighted by Crippen LogP contribution is 2.41. The van der Waals surface area contributed by atoms with Gasteiger partial charge < -0.3 is 28.1 Å². The first kappa shape index (κ1) is 29.1. The van der Waals surface area contributed by atoms with Gasteiger partial charge in [-0.3, -0.25) is 4.79 Å². The summed E-state index contributed by atoms with van der Waals surface area (Å²) in [6.07, 6.45) is 9.89. The molecule has 2 aliphatic heterocycles. The number of hydrogen-bond acceptors (Lipinski definition) is 8. The van der Waals surface area contributed by atoms with Crippen LogP contribution in [0.5, 0.6) is 5.75 Å². The Kier molecular flexibility index (Phi) is 8.54. The van der Waals surface area contributed by atoms with Gasteiger partial charge in [-0.05, 0) is 76.7 Å². The van der Waals surface area contributed by atoms with Crippen molar-refractivity contribution >= 4 is 21.4 Å². The number of aromatic nitrogens is 2. The number of rotatable bonds is 10. The van der Waals surface area contributed by atoms with Crippen LogP contribution in [0, 0.1) is 6.92 Å². The second-order valence-corrected chi connectivity index (χ2v) is 13.1. The van der Waals surface area contributed by atoms with Gasteiger partial charge in [-0.15, -0.1) is 11.3 Å². The van der Waals surface area contributed by atoms with E-state index < -0.39 is 5.54 Å². The largest absolute Gasteiger partial charge is 0.496 e. The number of para-hydroxylation sites is 1. The van der Waals surface area contributed by atoms with E-state index in [4.69, 9.17) is 18.6 Å². The second-order valence-electron chi connectivity index (χ2n) is 12.1. The molecule has 0 aliphatic carbocycles. The van der Waals surface area contributed by atoms with Gasteiger partial charge in [0.1, 0.15) is 12.0 Å². The Hall–Kier alpha value is -2.98. The van der Waals surface area contributed by atoms with Gasteiger partial charge in [0.15, 0.2) is 0 Å². The van der Waals surface area contributed by atoms with Crippen LogP contribution in [0.3, 0.4) is 0 Å². The molecule has 42 heavy (non-hydrogen) atoms. The lowest BCUT2D eigenvalue weighted by molar-refractivity contribution is -0.0699. The third-order valence-corrected chi connectivity index (χ3v) is 10.0. The number of ether oxygens (including phenoxy) is 3. The molecule has 0 unspecified atom stereocenters.